The number of aromatic amines is 1. The molecule has 1 atom stereocenters. The minimum absolute atomic E-state index is 0.225. The number of hydrogen-bond donors (Lipinski definition) is 1. The molecule has 1 N–H and O–H groups in total. The minimum Gasteiger partial charge on any atom is -0.497 e. The van der Waals surface area contributed by atoms with Crippen LogP contribution in [0.2, 0.25) is 5.02 Å². The molecular formula is C29H30ClN7O2. The Hall–Kier alpha value is -4.08. The summed E-state index contributed by atoms with van der Waals surface area (Å²) in [5.74, 6) is 1.24. The molecule has 0 aliphatic heterocycles. The summed E-state index contributed by atoms with van der Waals surface area (Å²) in [6, 6.07) is 18.4. The average Bonchev–Trinajstić information content (AvgIpc) is 3.41. The maximum Gasteiger partial charge on any atom is 0.253 e. The second kappa shape index (κ2) is 11.0. The molecule has 2 aromatic carbocycles. The molecule has 0 aliphatic rings. The number of ether oxygens (including phenoxy) is 1. The highest BCUT2D eigenvalue weighted by Gasteiger charge is 2.34. The molecule has 9 nitrogen and oxygen atoms in total. The Morgan fingerprint density at radius 1 is 1.08 bits per heavy atom. The molecule has 0 fully saturated rings. The van der Waals surface area contributed by atoms with Crippen molar-refractivity contribution in [1.29, 1.82) is 0 Å². The second-order valence-electron chi connectivity index (χ2n) is 10.4. The summed E-state index contributed by atoms with van der Waals surface area (Å²) >= 11 is 6.63. The van der Waals surface area contributed by atoms with Gasteiger partial charge >= 0.3 is 0 Å². The minimum atomic E-state index is -0.616. The van der Waals surface area contributed by atoms with E-state index in [4.69, 9.17) is 16.3 Å². The third-order valence-electron chi connectivity index (χ3n) is 6.55. The molecule has 0 saturated heterocycles. The van der Waals surface area contributed by atoms with Crippen molar-refractivity contribution < 1.29 is 4.74 Å². The first-order valence-corrected chi connectivity index (χ1v) is 13.0. The number of methoxy groups -OCH3 is 1. The monoisotopic (exact) mass is 543 g/mol. The Balaban J connectivity index is 1.75. The van der Waals surface area contributed by atoms with Gasteiger partial charge in [-0.15, -0.1) is 5.10 Å². The van der Waals surface area contributed by atoms with E-state index in [2.05, 4.69) is 30.4 Å². The van der Waals surface area contributed by atoms with E-state index in [1.807, 2.05) is 87.6 Å². The van der Waals surface area contributed by atoms with Crippen LogP contribution in [-0.2, 0) is 18.6 Å². The summed E-state index contributed by atoms with van der Waals surface area (Å²) in [6.45, 7) is 6.99. The maximum atomic E-state index is 13.7. The predicted molar refractivity (Wildman–Crippen MR) is 151 cm³/mol. The molecule has 0 saturated carbocycles. The molecule has 0 amide bonds. The highest BCUT2D eigenvalue weighted by molar-refractivity contribution is 6.31. The number of hydrogen-bond acceptors (Lipinski definition) is 7. The van der Waals surface area contributed by atoms with Gasteiger partial charge in [-0.05, 0) is 78.7 Å². The molecule has 0 spiro atoms. The lowest BCUT2D eigenvalue weighted by Gasteiger charge is -2.33. The first-order chi connectivity index (χ1) is 18.7. The first-order valence-electron chi connectivity index (χ1n) is 12.6. The quantitative estimate of drug-likeness (QED) is 0.290. The van der Waals surface area contributed by atoms with Crippen molar-refractivity contribution in [2.24, 2.45) is 0 Å². The topological polar surface area (TPSA) is 102 Å². The fourth-order valence-electron chi connectivity index (χ4n) is 4.68. The Morgan fingerprint density at radius 2 is 1.90 bits per heavy atom. The van der Waals surface area contributed by atoms with Crippen LogP contribution in [0.15, 0.2) is 77.9 Å². The molecule has 0 bridgehead atoms. The van der Waals surface area contributed by atoms with Gasteiger partial charge in [0, 0.05) is 47.0 Å². The number of benzene rings is 2. The SMILES string of the molecule is COc1ccc2[nH]c(=O)c([C@@H](c3nnnn3C(C)(C)C)N(Cc3cccnc3)Cc3ccccc3Cl)cc2c1. The van der Waals surface area contributed by atoms with Gasteiger partial charge in [0.25, 0.3) is 5.56 Å². The zero-order valence-electron chi connectivity index (χ0n) is 22.3. The Morgan fingerprint density at radius 3 is 2.62 bits per heavy atom. The highest BCUT2D eigenvalue weighted by atomic mass is 35.5. The number of nitrogens with zero attached hydrogens (tertiary/aromatic N) is 6. The summed E-state index contributed by atoms with van der Waals surface area (Å²) in [5, 5.41) is 14.3. The molecule has 0 radical (unpaired) electrons. The number of fused-ring (bicyclic) bond motifs is 1. The summed E-state index contributed by atoms with van der Waals surface area (Å²) in [4.78, 5) is 23.2. The van der Waals surface area contributed by atoms with Gasteiger partial charge in [-0.3, -0.25) is 14.7 Å². The van der Waals surface area contributed by atoms with E-state index in [1.165, 1.54) is 0 Å². The molecule has 5 aromatic rings. The van der Waals surface area contributed by atoms with Crippen molar-refractivity contribution in [3.63, 3.8) is 0 Å². The van der Waals surface area contributed by atoms with Gasteiger partial charge in [0.05, 0.1) is 12.6 Å². The molecule has 0 unspecified atom stereocenters. The van der Waals surface area contributed by atoms with Crippen LogP contribution in [0.25, 0.3) is 10.9 Å². The second-order valence-corrected chi connectivity index (χ2v) is 10.8. The van der Waals surface area contributed by atoms with Crippen molar-refractivity contribution in [3.8, 4) is 5.75 Å². The smallest absolute Gasteiger partial charge is 0.253 e. The number of halogens is 1. The van der Waals surface area contributed by atoms with Crippen LogP contribution in [0, 0.1) is 0 Å². The number of tetrazole rings is 1. The van der Waals surface area contributed by atoms with E-state index in [1.54, 1.807) is 18.0 Å². The van der Waals surface area contributed by atoms with Crippen LogP contribution in [0.4, 0.5) is 0 Å². The number of aromatic nitrogens is 6. The summed E-state index contributed by atoms with van der Waals surface area (Å²) in [6.07, 6.45) is 3.56. The van der Waals surface area contributed by atoms with Crippen LogP contribution in [0.5, 0.6) is 5.75 Å². The number of pyridine rings is 2. The van der Waals surface area contributed by atoms with Crippen molar-refractivity contribution in [1.82, 2.24) is 35.1 Å². The molecule has 200 valence electrons. The lowest BCUT2D eigenvalue weighted by molar-refractivity contribution is 0.184. The number of rotatable bonds is 8. The molecule has 3 heterocycles. The van der Waals surface area contributed by atoms with Gasteiger partial charge in [0.1, 0.15) is 11.8 Å². The number of nitrogens with one attached hydrogen (secondary N) is 1. The van der Waals surface area contributed by atoms with Gasteiger partial charge in [-0.1, -0.05) is 35.9 Å². The Labute approximate surface area is 231 Å². The van der Waals surface area contributed by atoms with Crippen molar-refractivity contribution in [3.05, 3.63) is 111 Å². The molecule has 39 heavy (non-hydrogen) atoms. The predicted octanol–water partition coefficient (Wildman–Crippen LogP) is 5.12. The van der Waals surface area contributed by atoms with E-state index < -0.39 is 11.6 Å². The van der Waals surface area contributed by atoms with Gasteiger partial charge < -0.3 is 9.72 Å². The number of H-pyrrole nitrogens is 1. The normalized spacial score (nSPS) is 12.7. The van der Waals surface area contributed by atoms with Crippen molar-refractivity contribution in [2.45, 2.75) is 45.4 Å². The average molecular weight is 544 g/mol. The molecule has 5 rings (SSSR count). The lowest BCUT2D eigenvalue weighted by atomic mass is 10.00. The third-order valence-corrected chi connectivity index (χ3v) is 6.92. The van der Waals surface area contributed by atoms with Gasteiger partial charge in [0.15, 0.2) is 5.82 Å². The van der Waals surface area contributed by atoms with E-state index >= 15 is 0 Å². The fourth-order valence-corrected chi connectivity index (χ4v) is 4.88. The summed E-state index contributed by atoms with van der Waals surface area (Å²) in [5.41, 5.74) is 2.45. The standard InChI is InChI=1S/C29H30ClN7O2/c1-29(2,3)37-27(33-34-35-37)26(23-15-21-14-22(39-4)11-12-25(21)32-28(23)38)36(17-19-8-7-13-31-16-19)18-20-9-5-6-10-24(20)30/h5-16,26H,17-18H2,1-4H3,(H,32,38)/t26-/m0/s1. The lowest BCUT2D eigenvalue weighted by Crippen LogP contribution is -2.37. The van der Waals surface area contributed by atoms with E-state index in [0.29, 0.717) is 40.8 Å². The fraction of sp³-hybridized carbons (Fsp3) is 0.276. The van der Waals surface area contributed by atoms with E-state index in [-0.39, 0.29) is 5.56 Å². The summed E-state index contributed by atoms with van der Waals surface area (Å²) < 4.78 is 7.22. The molecule has 10 heteroatoms. The molecule has 3 aromatic heterocycles. The zero-order chi connectivity index (χ0) is 27.6. The largest absolute Gasteiger partial charge is 0.497 e. The van der Waals surface area contributed by atoms with Crippen LogP contribution >= 0.6 is 11.6 Å². The van der Waals surface area contributed by atoms with Crippen LogP contribution in [0.3, 0.4) is 0 Å². The van der Waals surface area contributed by atoms with Gasteiger partial charge in [0.2, 0.25) is 0 Å². The van der Waals surface area contributed by atoms with Crippen molar-refractivity contribution >= 4 is 22.5 Å². The maximum absolute atomic E-state index is 13.7. The van der Waals surface area contributed by atoms with Gasteiger partial charge in [-0.25, -0.2) is 4.68 Å². The highest BCUT2D eigenvalue weighted by Crippen LogP contribution is 2.33. The van der Waals surface area contributed by atoms with Crippen LogP contribution < -0.4 is 10.3 Å². The van der Waals surface area contributed by atoms with Gasteiger partial charge in [-0.2, -0.15) is 0 Å². The summed E-state index contributed by atoms with van der Waals surface area (Å²) in [7, 11) is 1.62. The van der Waals surface area contributed by atoms with Crippen molar-refractivity contribution in [2.75, 3.05) is 7.11 Å². The Kier molecular flexibility index (Phi) is 7.45. The molecular weight excluding hydrogens is 514 g/mol. The van der Waals surface area contributed by atoms with Crippen LogP contribution in [-0.4, -0.2) is 42.2 Å². The first kappa shape index (κ1) is 26.5. The van der Waals surface area contributed by atoms with E-state index in [0.717, 1.165) is 16.5 Å². The molecule has 0 aliphatic carbocycles. The van der Waals surface area contributed by atoms with E-state index in [9.17, 15) is 4.79 Å². The third kappa shape index (κ3) is 5.69. The van der Waals surface area contributed by atoms with Crippen LogP contribution in [0.1, 0.15) is 49.3 Å². The Bertz CT molecular complexity index is 1640. The zero-order valence-corrected chi connectivity index (χ0v) is 23.1.